The van der Waals surface area contributed by atoms with E-state index >= 15 is 0 Å². The first kappa shape index (κ1) is 15.2. The van der Waals surface area contributed by atoms with Crippen molar-refractivity contribution in [3.05, 3.63) is 46.8 Å². The van der Waals surface area contributed by atoms with Crippen LogP contribution in [0.2, 0.25) is 5.02 Å². The van der Waals surface area contributed by atoms with Crippen LogP contribution in [0.25, 0.3) is 10.2 Å². The van der Waals surface area contributed by atoms with Gasteiger partial charge in [0, 0.05) is 5.69 Å². The van der Waals surface area contributed by atoms with Gasteiger partial charge in [-0.05, 0) is 29.6 Å². The molecule has 0 atom stereocenters. The minimum Gasteiger partial charge on any atom is -0.325 e. The Morgan fingerprint density at radius 3 is 3.05 bits per heavy atom. The number of hydrogen-bond acceptors (Lipinski definition) is 5. The molecule has 2 heterocycles. The zero-order valence-corrected chi connectivity index (χ0v) is 13.4. The number of amides is 1. The van der Waals surface area contributed by atoms with Crippen LogP contribution in [0.3, 0.4) is 0 Å². The Balaban J connectivity index is 1.65. The first-order valence-corrected chi connectivity index (χ1v) is 8.44. The average molecular weight is 354 g/mol. The number of anilines is 1. The summed E-state index contributed by atoms with van der Waals surface area (Å²) in [5, 5.41) is 5.35. The number of aromatic nitrogens is 2. The van der Waals surface area contributed by atoms with Crippen LogP contribution < -0.4 is 5.32 Å². The maximum absolute atomic E-state index is 13.1. The van der Waals surface area contributed by atoms with E-state index in [0.717, 1.165) is 15.2 Å². The lowest BCUT2D eigenvalue weighted by atomic mass is 10.3. The summed E-state index contributed by atoms with van der Waals surface area (Å²) in [6.07, 6.45) is 1.48. The van der Waals surface area contributed by atoms with E-state index in [-0.39, 0.29) is 16.7 Å². The Morgan fingerprint density at radius 1 is 1.36 bits per heavy atom. The van der Waals surface area contributed by atoms with Gasteiger partial charge in [-0.3, -0.25) is 4.79 Å². The van der Waals surface area contributed by atoms with Crippen LogP contribution in [0, 0.1) is 5.82 Å². The molecule has 1 amide bonds. The van der Waals surface area contributed by atoms with Crippen molar-refractivity contribution in [1.82, 2.24) is 9.97 Å². The molecule has 0 bridgehead atoms. The van der Waals surface area contributed by atoms with Gasteiger partial charge in [-0.1, -0.05) is 23.4 Å². The van der Waals surface area contributed by atoms with Crippen LogP contribution in [-0.2, 0) is 4.79 Å². The van der Waals surface area contributed by atoms with E-state index in [1.807, 2.05) is 11.4 Å². The lowest BCUT2D eigenvalue weighted by Gasteiger charge is -2.06. The molecular weight excluding hydrogens is 345 g/mol. The van der Waals surface area contributed by atoms with Crippen LogP contribution in [0.15, 0.2) is 41.0 Å². The molecule has 2 aromatic heterocycles. The summed E-state index contributed by atoms with van der Waals surface area (Å²) in [6.45, 7) is 0. The summed E-state index contributed by atoms with van der Waals surface area (Å²) in [5.41, 5.74) is 1.33. The minimum absolute atomic E-state index is 0.0263. The molecular formula is C14H9ClFN3OS2. The highest BCUT2D eigenvalue weighted by atomic mass is 35.5. The fourth-order valence-electron chi connectivity index (χ4n) is 1.77. The van der Waals surface area contributed by atoms with Crippen LogP contribution in [0.4, 0.5) is 10.1 Å². The normalized spacial score (nSPS) is 10.8. The van der Waals surface area contributed by atoms with E-state index in [1.165, 1.54) is 47.6 Å². The molecule has 0 aliphatic rings. The smallest absolute Gasteiger partial charge is 0.234 e. The highest BCUT2D eigenvalue weighted by molar-refractivity contribution is 8.00. The molecule has 4 nitrogen and oxygen atoms in total. The molecule has 3 rings (SSSR count). The zero-order chi connectivity index (χ0) is 15.5. The van der Waals surface area contributed by atoms with Gasteiger partial charge in [0.1, 0.15) is 17.2 Å². The van der Waals surface area contributed by atoms with Crippen molar-refractivity contribution >= 4 is 56.5 Å². The third kappa shape index (κ3) is 3.37. The number of thioether (sulfide) groups is 1. The molecule has 0 aliphatic heterocycles. The standard InChI is InChI=1S/C14H9ClFN3OS2/c15-9-5-8(1-2-10(9)16)19-12(20)6-22-14-13-11(3-4-21-13)17-7-18-14/h1-5,7H,6H2,(H,19,20). The van der Waals surface area contributed by atoms with Gasteiger partial charge in [-0.15, -0.1) is 11.3 Å². The summed E-state index contributed by atoms with van der Waals surface area (Å²) in [6, 6.07) is 5.96. The summed E-state index contributed by atoms with van der Waals surface area (Å²) in [7, 11) is 0. The summed E-state index contributed by atoms with van der Waals surface area (Å²) in [5.74, 6) is -0.537. The number of halogens is 2. The molecule has 0 radical (unpaired) electrons. The number of nitrogens with one attached hydrogen (secondary N) is 1. The van der Waals surface area contributed by atoms with Crippen molar-refractivity contribution in [3.8, 4) is 0 Å². The van der Waals surface area contributed by atoms with Gasteiger partial charge in [0.15, 0.2) is 0 Å². The molecule has 0 aliphatic carbocycles. The summed E-state index contributed by atoms with van der Waals surface area (Å²) >= 11 is 8.54. The second-order valence-corrected chi connectivity index (χ2v) is 6.57. The monoisotopic (exact) mass is 353 g/mol. The van der Waals surface area contributed by atoms with E-state index in [0.29, 0.717) is 5.69 Å². The van der Waals surface area contributed by atoms with Gasteiger partial charge in [-0.25, -0.2) is 14.4 Å². The molecule has 8 heteroatoms. The maximum Gasteiger partial charge on any atom is 0.234 e. The summed E-state index contributed by atoms with van der Waals surface area (Å²) in [4.78, 5) is 20.3. The number of thiophene rings is 1. The number of rotatable bonds is 4. The van der Waals surface area contributed by atoms with E-state index in [1.54, 1.807) is 0 Å². The topological polar surface area (TPSA) is 54.9 Å². The Labute approximate surface area is 138 Å². The van der Waals surface area contributed by atoms with Gasteiger partial charge in [0.05, 0.1) is 21.0 Å². The van der Waals surface area contributed by atoms with Crippen molar-refractivity contribution in [2.45, 2.75) is 5.03 Å². The summed E-state index contributed by atoms with van der Waals surface area (Å²) < 4.78 is 14.0. The number of fused-ring (bicyclic) bond motifs is 1. The lowest BCUT2D eigenvalue weighted by Crippen LogP contribution is -2.14. The number of benzene rings is 1. The van der Waals surface area contributed by atoms with Crippen LogP contribution in [0.1, 0.15) is 0 Å². The van der Waals surface area contributed by atoms with Crippen LogP contribution >= 0.6 is 34.7 Å². The molecule has 0 saturated carbocycles. The second-order valence-electron chi connectivity index (χ2n) is 4.28. The molecule has 0 saturated heterocycles. The Bertz CT molecular complexity index is 840. The van der Waals surface area contributed by atoms with Crippen molar-refractivity contribution in [2.75, 3.05) is 11.1 Å². The largest absolute Gasteiger partial charge is 0.325 e. The van der Waals surface area contributed by atoms with Crippen molar-refractivity contribution in [1.29, 1.82) is 0 Å². The van der Waals surface area contributed by atoms with Gasteiger partial charge in [-0.2, -0.15) is 0 Å². The average Bonchev–Trinajstić information content (AvgIpc) is 2.98. The quantitative estimate of drug-likeness (QED) is 0.563. The van der Waals surface area contributed by atoms with Gasteiger partial charge < -0.3 is 5.32 Å². The maximum atomic E-state index is 13.1. The van der Waals surface area contributed by atoms with Crippen LogP contribution in [0.5, 0.6) is 0 Å². The van der Waals surface area contributed by atoms with Gasteiger partial charge >= 0.3 is 0 Å². The van der Waals surface area contributed by atoms with Crippen molar-refractivity contribution in [3.63, 3.8) is 0 Å². The third-order valence-corrected chi connectivity index (χ3v) is 5.07. The Morgan fingerprint density at radius 2 is 2.23 bits per heavy atom. The molecule has 1 N–H and O–H groups in total. The first-order valence-electron chi connectivity index (χ1n) is 6.19. The predicted molar refractivity (Wildman–Crippen MR) is 88.2 cm³/mol. The van der Waals surface area contributed by atoms with Crippen molar-refractivity contribution in [2.24, 2.45) is 0 Å². The first-order chi connectivity index (χ1) is 10.6. The highest BCUT2D eigenvalue weighted by Gasteiger charge is 2.10. The molecule has 0 spiro atoms. The van der Waals surface area contributed by atoms with Crippen LogP contribution in [-0.4, -0.2) is 21.6 Å². The Hall–Kier alpha value is -1.70. The molecule has 0 fully saturated rings. The molecule has 22 heavy (non-hydrogen) atoms. The molecule has 0 unspecified atom stereocenters. The second kappa shape index (κ2) is 6.60. The van der Waals surface area contributed by atoms with Gasteiger partial charge in [0.2, 0.25) is 5.91 Å². The highest BCUT2D eigenvalue weighted by Crippen LogP contribution is 2.28. The predicted octanol–water partition coefficient (Wildman–Crippen LogP) is 4.21. The third-order valence-electron chi connectivity index (χ3n) is 2.75. The van der Waals surface area contributed by atoms with Gasteiger partial charge in [0.25, 0.3) is 0 Å². The number of hydrogen-bond donors (Lipinski definition) is 1. The van der Waals surface area contributed by atoms with E-state index in [4.69, 9.17) is 11.6 Å². The fraction of sp³-hybridized carbons (Fsp3) is 0.0714. The van der Waals surface area contributed by atoms with E-state index < -0.39 is 5.82 Å². The Kier molecular flexibility index (Phi) is 4.56. The number of nitrogens with zero attached hydrogens (tertiary/aromatic N) is 2. The molecule has 1 aromatic carbocycles. The SMILES string of the molecule is O=C(CSc1ncnc2ccsc12)Nc1ccc(F)c(Cl)c1. The van der Waals surface area contributed by atoms with E-state index in [9.17, 15) is 9.18 Å². The van der Waals surface area contributed by atoms with E-state index in [2.05, 4.69) is 15.3 Å². The minimum atomic E-state index is -0.518. The molecule has 3 aromatic rings. The number of carbonyl (C=O) groups is 1. The molecule has 112 valence electrons. The zero-order valence-electron chi connectivity index (χ0n) is 11.0. The fourth-order valence-corrected chi connectivity index (χ4v) is 3.70. The lowest BCUT2D eigenvalue weighted by molar-refractivity contribution is -0.113. The number of carbonyl (C=O) groups excluding carboxylic acids is 1. The van der Waals surface area contributed by atoms with Crippen molar-refractivity contribution < 1.29 is 9.18 Å².